The van der Waals surface area contributed by atoms with Crippen molar-refractivity contribution in [1.29, 1.82) is 0 Å². The normalized spacial score (nSPS) is 19.2. The summed E-state index contributed by atoms with van der Waals surface area (Å²) in [6.07, 6.45) is 7.80. The van der Waals surface area contributed by atoms with Gasteiger partial charge in [-0.3, -0.25) is 0 Å². The lowest BCUT2D eigenvalue weighted by Crippen LogP contribution is -2.48. The zero-order valence-electron chi connectivity index (χ0n) is 26.3. The van der Waals surface area contributed by atoms with E-state index in [-0.39, 0.29) is 28.9 Å². The lowest BCUT2D eigenvalue weighted by atomic mass is 9.71. The van der Waals surface area contributed by atoms with Crippen LogP contribution in [0.2, 0.25) is 0 Å². The Labute approximate surface area is 251 Å². The number of aromatic nitrogens is 7. The number of rotatable bonds is 4. The SMILES string of the molecule is CC(C)(C)OC(=O)N1CC[C@H](c2cnc(-c3c(-c4nn(C(C)(C)C)c5ncnc(N)c45)noc3C3CC3)nc2)C(C)(C)C1. The van der Waals surface area contributed by atoms with E-state index in [9.17, 15) is 4.79 Å². The molecule has 12 nitrogen and oxygen atoms in total. The number of hydrogen-bond donors (Lipinski definition) is 1. The zero-order chi connectivity index (χ0) is 30.9. The van der Waals surface area contributed by atoms with Crippen molar-refractivity contribution >= 4 is 22.9 Å². The number of likely N-dealkylation sites (tertiary alicyclic amines) is 1. The second-order valence-electron chi connectivity index (χ2n) is 14.5. The summed E-state index contributed by atoms with van der Waals surface area (Å²) in [4.78, 5) is 33.1. The summed E-state index contributed by atoms with van der Waals surface area (Å²) >= 11 is 0. The highest BCUT2D eigenvalue weighted by Crippen LogP contribution is 2.48. The molecule has 0 spiro atoms. The van der Waals surface area contributed by atoms with Crippen LogP contribution in [0, 0.1) is 5.41 Å². The van der Waals surface area contributed by atoms with Crippen LogP contribution in [-0.2, 0) is 10.3 Å². The molecule has 0 radical (unpaired) electrons. The number of amides is 1. The van der Waals surface area contributed by atoms with Crippen LogP contribution in [0.3, 0.4) is 0 Å². The lowest BCUT2D eigenvalue weighted by molar-refractivity contribution is 0.00475. The Bertz CT molecular complexity index is 1670. The molecule has 12 heteroatoms. The molecule has 0 aromatic carbocycles. The van der Waals surface area contributed by atoms with Gasteiger partial charge >= 0.3 is 6.09 Å². The summed E-state index contributed by atoms with van der Waals surface area (Å²) in [6.45, 7) is 17.4. The summed E-state index contributed by atoms with van der Waals surface area (Å²) in [5.41, 5.74) is 8.78. The summed E-state index contributed by atoms with van der Waals surface area (Å²) in [5, 5.41) is 10.1. The first-order valence-corrected chi connectivity index (χ1v) is 14.9. The number of ether oxygens (including phenoxy) is 1. The average Bonchev–Trinajstić information content (AvgIpc) is 3.52. The van der Waals surface area contributed by atoms with Crippen molar-refractivity contribution in [3.05, 3.63) is 30.0 Å². The minimum absolute atomic E-state index is 0.174. The third-order valence-corrected chi connectivity index (χ3v) is 8.20. The molecule has 0 unspecified atom stereocenters. The quantitative estimate of drug-likeness (QED) is 0.305. The fraction of sp³-hybridized carbons (Fsp3) is 0.581. The first-order chi connectivity index (χ1) is 20.1. The minimum atomic E-state index is -0.530. The molecule has 0 bridgehead atoms. The summed E-state index contributed by atoms with van der Waals surface area (Å²) in [6, 6.07) is 0. The number of nitrogens with two attached hydrogens (primary N) is 1. The molecular formula is C31H41N9O3. The van der Waals surface area contributed by atoms with Gasteiger partial charge in [0.15, 0.2) is 17.2 Å². The molecule has 1 saturated heterocycles. The first-order valence-electron chi connectivity index (χ1n) is 14.9. The number of fused-ring (bicyclic) bond motifs is 1. The predicted octanol–water partition coefficient (Wildman–Crippen LogP) is 5.90. The Hall–Kier alpha value is -4.09. The first kappa shape index (κ1) is 29.0. The van der Waals surface area contributed by atoms with Crippen molar-refractivity contribution in [2.75, 3.05) is 18.8 Å². The van der Waals surface area contributed by atoms with Gasteiger partial charge in [-0.1, -0.05) is 19.0 Å². The standard InChI is InChI=1S/C31H41N9O3/c1-29(2,3)40-27-21(25(32)35-16-36-27)22(37-40)23-20(24(43-38-23)17-9-10-17)26-33-13-18(14-34-26)19-11-12-39(15-31(19,7)8)28(41)42-30(4,5)6/h13-14,16-17,19H,9-12,15H2,1-8H3,(H2,32,35,36)/t19-/m1/s1. The van der Waals surface area contributed by atoms with Gasteiger partial charge in [-0.2, -0.15) is 5.10 Å². The topological polar surface area (TPSA) is 151 Å². The Morgan fingerprint density at radius 3 is 2.33 bits per heavy atom. The van der Waals surface area contributed by atoms with Crippen LogP contribution in [0.5, 0.6) is 0 Å². The van der Waals surface area contributed by atoms with E-state index >= 15 is 0 Å². The molecule has 6 rings (SSSR count). The molecule has 2 fully saturated rings. The van der Waals surface area contributed by atoms with E-state index in [1.165, 1.54) is 6.33 Å². The van der Waals surface area contributed by atoms with E-state index < -0.39 is 5.60 Å². The van der Waals surface area contributed by atoms with Crippen LogP contribution >= 0.6 is 0 Å². The highest BCUT2D eigenvalue weighted by Gasteiger charge is 2.41. The Morgan fingerprint density at radius 1 is 1.02 bits per heavy atom. The number of piperidine rings is 1. The maximum atomic E-state index is 12.8. The predicted molar refractivity (Wildman–Crippen MR) is 162 cm³/mol. The fourth-order valence-electron chi connectivity index (χ4n) is 6.02. The van der Waals surface area contributed by atoms with E-state index in [0.29, 0.717) is 47.2 Å². The second-order valence-corrected chi connectivity index (χ2v) is 14.5. The molecule has 1 saturated carbocycles. The van der Waals surface area contributed by atoms with Gasteiger partial charge in [0.2, 0.25) is 0 Å². The molecule has 1 atom stereocenters. The Balaban J connectivity index is 1.35. The van der Waals surface area contributed by atoms with Gasteiger partial charge in [-0.25, -0.2) is 29.4 Å². The van der Waals surface area contributed by atoms with E-state index in [2.05, 4.69) is 49.7 Å². The number of nitrogen functional groups attached to an aromatic ring is 1. The third kappa shape index (κ3) is 5.43. The minimum Gasteiger partial charge on any atom is -0.444 e. The molecule has 5 heterocycles. The Kier molecular flexibility index (Phi) is 6.74. The number of carbonyl (C=O) groups is 1. The highest BCUT2D eigenvalue weighted by molar-refractivity contribution is 6.00. The molecule has 43 heavy (non-hydrogen) atoms. The fourth-order valence-corrected chi connectivity index (χ4v) is 6.02. The number of anilines is 1. The molecule has 2 aliphatic rings. The van der Waals surface area contributed by atoms with Crippen molar-refractivity contribution in [2.45, 2.75) is 97.6 Å². The van der Waals surface area contributed by atoms with Gasteiger partial charge in [0.25, 0.3) is 0 Å². The van der Waals surface area contributed by atoms with Crippen molar-refractivity contribution in [3.8, 4) is 22.8 Å². The number of nitrogens with zero attached hydrogens (tertiary/aromatic N) is 8. The summed E-state index contributed by atoms with van der Waals surface area (Å²) in [7, 11) is 0. The highest BCUT2D eigenvalue weighted by atomic mass is 16.6. The summed E-state index contributed by atoms with van der Waals surface area (Å²) in [5.74, 6) is 2.06. The van der Waals surface area contributed by atoms with Crippen molar-refractivity contribution < 1.29 is 14.1 Å². The Morgan fingerprint density at radius 2 is 1.72 bits per heavy atom. The zero-order valence-corrected chi connectivity index (χ0v) is 26.3. The number of carbonyl (C=O) groups excluding carboxylic acids is 1. The average molecular weight is 588 g/mol. The van der Waals surface area contributed by atoms with Gasteiger partial charge in [0.05, 0.1) is 16.5 Å². The smallest absolute Gasteiger partial charge is 0.410 e. The van der Waals surface area contributed by atoms with Gasteiger partial charge in [-0.05, 0) is 77.7 Å². The van der Waals surface area contributed by atoms with Crippen LogP contribution in [-0.4, -0.2) is 64.6 Å². The van der Waals surface area contributed by atoms with Gasteiger partial charge in [-0.15, -0.1) is 0 Å². The molecule has 1 amide bonds. The van der Waals surface area contributed by atoms with Crippen LogP contribution in [0.15, 0.2) is 23.2 Å². The van der Waals surface area contributed by atoms with Crippen LogP contribution in [0.25, 0.3) is 33.8 Å². The maximum Gasteiger partial charge on any atom is 0.410 e. The van der Waals surface area contributed by atoms with Crippen molar-refractivity contribution in [2.24, 2.45) is 5.41 Å². The number of hydrogen-bond acceptors (Lipinski definition) is 10. The van der Waals surface area contributed by atoms with Crippen LogP contribution < -0.4 is 5.73 Å². The van der Waals surface area contributed by atoms with E-state index in [1.807, 2.05) is 37.8 Å². The molecule has 1 aliphatic carbocycles. The molecule has 4 aromatic heterocycles. The monoisotopic (exact) mass is 587 g/mol. The molecule has 1 aliphatic heterocycles. The van der Waals surface area contributed by atoms with Crippen LogP contribution in [0.1, 0.15) is 97.8 Å². The lowest BCUT2D eigenvalue weighted by Gasteiger charge is -2.44. The van der Waals surface area contributed by atoms with Gasteiger partial charge < -0.3 is 19.9 Å². The molecule has 2 N–H and O–H groups in total. The largest absolute Gasteiger partial charge is 0.444 e. The van der Waals surface area contributed by atoms with Crippen molar-refractivity contribution in [3.63, 3.8) is 0 Å². The van der Waals surface area contributed by atoms with Crippen LogP contribution in [0.4, 0.5) is 10.6 Å². The molecule has 4 aromatic rings. The molecule has 228 valence electrons. The molecular weight excluding hydrogens is 546 g/mol. The maximum absolute atomic E-state index is 12.8. The van der Waals surface area contributed by atoms with Crippen molar-refractivity contribution in [1.82, 2.24) is 39.8 Å². The van der Waals surface area contributed by atoms with Gasteiger partial charge in [0, 0.05) is 31.4 Å². The second kappa shape index (κ2) is 9.99. The van der Waals surface area contributed by atoms with E-state index in [4.69, 9.17) is 30.1 Å². The van der Waals surface area contributed by atoms with E-state index in [0.717, 1.165) is 36.1 Å². The van der Waals surface area contributed by atoms with Gasteiger partial charge in [0.1, 0.15) is 29.1 Å². The third-order valence-electron chi connectivity index (χ3n) is 8.20. The summed E-state index contributed by atoms with van der Waals surface area (Å²) < 4.78 is 13.4. The van der Waals surface area contributed by atoms with E-state index in [1.54, 1.807) is 4.90 Å².